The molecule has 6 nitrogen and oxygen atoms in total. The van der Waals surface area contributed by atoms with Crippen molar-refractivity contribution in [2.45, 2.75) is 31.3 Å². The van der Waals surface area contributed by atoms with E-state index in [0.29, 0.717) is 19.4 Å². The number of hydrogen-bond acceptors (Lipinski definition) is 4. The molecular weight excluding hydrogens is 228 g/mol. The average molecular weight is 242 g/mol. The number of sulfonamides is 1. The van der Waals surface area contributed by atoms with Crippen molar-refractivity contribution in [2.24, 2.45) is 0 Å². The molecule has 7 heteroatoms. The molecule has 0 bridgehead atoms. The molecule has 0 radical (unpaired) electrons. The number of aryl methyl sites for hydroxylation is 1. The van der Waals surface area contributed by atoms with E-state index in [1.807, 2.05) is 13.0 Å². The second kappa shape index (κ2) is 5.63. The summed E-state index contributed by atoms with van der Waals surface area (Å²) in [5, 5.41) is 8.32. The second-order valence-electron chi connectivity index (χ2n) is 3.20. The molecule has 0 saturated carbocycles. The minimum atomic E-state index is -3.52. The zero-order chi connectivity index (χ0) is 12.0. The Morgan fingerprint density at radius 3 is 2.94 bits per heavy atom. The molecule has 0 amide bonds. The van der Waals surface area contributed by atoms with Crippen LogP contribution in [0.1, 0.15) is 19.8 Å². The zero-order valence-corrected chi connectivity index (χ0v) is 9.87. The van der Waals surface area contributed by atoms with Gasteiger partial charge in [0.1, 0.15) is 0 Å². The number of hydrogen-bond donors (Lipinski definition) is 1. The van der Waals surface area contributed by atoms with Crippen molar-refractivity contribution in [3.8, 4) is 6.07 Å². The van der Waals surface area contributed by atoms with Crippen molar-refractivity contribution < 1.29 is 8.42 Å². The van der Waals surface area contributed by atoms with Crippen molar-refractivity contribution >= 4 is 10.0 Å². The summed E-state index contributed by atoms with van der Waals surface area (Å²) in [5.41, 5.74) is 0. The van der Waals surface area contributed by atoms with Crippen LogP contribution in [-0.2, 0) is 16.6 Å². The van der Waals surface area contributed by atoms with E-state index in [-0.39, 0.29) is 11.6 Å². The molecule has 0 aliphatic carbocycles. The van der Waals surface area contributed by atoms with Crippen LogP contribution in [0.3, 0.4) is 0 Å². The van der Waals surface area contributed by atoms with Gasteiger partial charge in [0.05, 0.1) is 12.4 Å². The predicted molar refractivity (Wildman–Crippen MR) is 57.9 cm³/mol. The van der Waals surface area contributed by atoms with E-state index >= 15 is 0 Å². The van der Waals surface area contributed by atoms with Gasteiger partial charge in [0.15, 0.2) is 5.03 Å². The molecule has 1 aromatic rings. The summed E-state index contributed by atoms with van der Waals surface area (Å²) in [6, 6.07) is 1.95. The van der Waals surface area contributed by atoms with Gasteiger partial charge in [0.25, 0.3) is 10.0 Å². The Morgan fingerprint density at radius 1 is 1.62 bits per heavy atom. The van der Waals surface area contributed by atoms with Gasteiger partial charge in [0, 0.05) is 25.7 Å². The van der Waals surface area contributed by atoms with Crippen molar-refractivity contribution in [3.05, 3.63) is 12.5 Å². The fourth-order valence-corrected chi connectivity index (χ4v) is 2.12. The van der Waals surface area contributed by atoms with Gasteiger partial charge in [-0.15, -0.1) is 0 Å². The number of aromatic nitrogens is 2. The summed E-state index contributed by atoms with van der Waals surface area (Å²) >= 11 is 0. The molecule has 0 aliphatic heterocycles. The van der Waals surface area contributed by atoms with Crippen molar-refractivity contribution in [2.75, 3.05) is 6.54 Å². The maximum Gasteiger partial charge on any atom is 0.259 e. The SMILES string of the molecule is CCn1cnc(S(=O)(=O)NCCCC#N)c1. The summed E-state index contributed by atoms with van der Waals surface area (Å²) < 4.78 is 27.4. The number of nitrogens with one attached hydrogen (secondary N) is 1. The van der Waals surface area contributed by atoms with E-state index in [2.05, 4.69) is 9.71 Å². The van der Waals surface area contributed by atoms with Gasteiger partial charge < -0.3 is 4.57 Å². The lowest BCUT2D eigenvalue weighted by molar-refractivity contribution is 0.576. The first-order chi connectivity index (χ1) is 7.60. The lowest BCUT2D eigenvalue weighted by Gasteiger charge is -2.01. The zero-order valence-electron chi connectivity index (χ0n) is 9.05. The molecule has 1 rings (SSSR count). The molecule has 0 aromatic carbocycles. The topological polar surface area (TPSA) is 87.8 Å². The Hall–Kier alpha value is -1.39. The van der Waals surface area contributed by atoms with Crippen LogP contribution in [0.4, 0.5) is 0 Å². The second-order valence-corrected chi connectivity index (χ2v) is 4.92. The molecule has 1 N–H and O–H groups in total. The third kappa shape index (κ3) is 3.32. The number of imidazole rings is 1. The number of rotatable bonds is 6. The van der Waals surface area contributed by atoms with Crippen molar-refractivity contribution in [1.29, 1.82) is 5.26 Å². The van der Waals surface area contributed by atoms with Crippen LogP contribution >= 0.6 is 0 Å². The van der Waals surface area contributed by atoms with Crippen LogP contribution in [0.15, 0.2) is 17.6 Å². The molecule has 0 aliphatic rings. The van der Waals surface area contributed by atoms with Gasteiger partial charge >= 0.3 is 0 Å². The summed E-state index contributed by atoms with van der Waals surface area (Å²) in [7, 11) is -3.52. The van der Waals surface area contributed by atoms with E-state index in [4.69, 9.17) is 5.26 Å². The molecular formula is C9H14N4O2S. The monoisotopic (exact) mass is 242 g/mol. The Kier molecular flexibility index (Phi) is 4.46. The molecule has 0 spiro atoms. The highest BCUT2D eigenvalue weighted by Crippen LogP contribution is 2.04. The molecule has 1 heterocycles. The molecule has 88 valence electrons. The highest BCUT2D eigenvalue weighted by Gasteiger charge is 2.15. The maximum atomic E-state index is 11.7. The maximum absolute atomic E-state index is 11.7. The summed E-state index contributed by atoms with van der Waals surface area (Å²) in [5.74, 6) is 0. The van der Waals surface area contributed by atoms with Gasteiger partial charge in [-0.2, -0.15) is 5.26 Å². The Morgan fingerprint density at radius 2 is 2.38 bits per heavy atom. The highest BCUT2D eigenvalue weighted by molar-refractivity contribution is 7.89. The van der Waals surface area contributed by atoms with E-state index in [9.17, 15) is 8.42 Å². The third-order valence-electron chi connectivity index (χ3n) is 2.01. The minimum absolute atomic E-state index is 0.0197. The van der Waals surface area contributed by atoms with Gasteiger partial charge in [-0.1, -0.05) is 0 Å². The van der Waals surface area contributed by atoms with Crippen LogP contribution in [0, 0.1) is 11.3 Å². The molecule has 0 atom stereocenters. The van der Waals surface area contributed by atoms with Gasteiger partial charge in [-0.3, -0.25) is 0 Å². The normalized spacial score (nSPS) is 11.2. The lowest BCUT2D eigenvalue weighted by atomic mass is 10.3. The number of nitriles is 1. The van der Waals surface area contributed by atoms with Crippen molar-refractivity contribution in [1.82, 2.24) is 14.3 Å². The lowest BCUT2D eigenvalue weighted by Crippen LogP contribution is -2.25. The van der Waals surface area contributed by atoms with Crippen molar-refractivity contribution in [3.63, 3.8) is 0 Å². The Bertz CT molecular complexity index is 472. The van der Waals surface area contributed by atoms with Crippen LogP contribution in [0.25, 0.3) is 0 Å². The van der Waals surface area contributed by atoms with Gasteiger partial charge in [-0.05, 0) is 13.3 Å². The molecule has 1 aromatic heterocycles. The van der Waals surface area contributed by atoms with Crippen LogP contribution in [-0.4, -0.2) is 24.5 Å². The minimum Gasteiger partial charge on any atom is -0.336 e. The number of nitrogens with zero attached hydrogens (tertiary/aromatic N) is 3. The van der Waals surface area contributed by atoms with Gasteiger partial charge in [-0.25, -0.2) is 18.1 Å². The van der Waals surface area contributed by atoms with Gasteiger partial charge in [0.2, 0.25) is 0 Å². The first kappa shape index (κ1) is 12.7. The molecule has 0 unspecified atom stereocenters. The Labute approximate surface area is 95.0 Å². The molecule has 0 saturated heterocycles. The summed E-state index contributed by atoms with van der Waals surface area (Å²) in [6.45, 7) is 2.84. The Balaban J connectivity index is 2.60. The van der Waals surface area contributed by atoms with E-state index in [1.54, 1.807) is 4.57 Å². The summed E-state index contributed by atoms with van der Waals surface area (Å²) in [6.07, 6.45) is 3.80. The van der Waals surface area contributed by atoms with E-state index < -0.39 is 10.0 Å². The average Bonchev–Trinajstić information content (AvgIpc) is 2.73. The van der Waals surface area contributed by atoms with Crippen LogP contribution in [0.2, 0.25) is 0 Å². The first-order valence-electron chi connectivity index (χ1n) is 4.98. The predicted octanol–water partition coefficient (Wildman–Crippen LogP) is 0.485. The first-order valence-corrected chi connectivity index (χ1v) is 6.47. The largest absolute Gasteiger partial charge is 0.336 e. The smallest absolute Gasteiger partial charge is 0.259 e. The van der Waals surface area contributed by atoms with E-state index in [0.717, 1.165) is 0 Å². The quantitative estimate of drug-likeness (QED) is 0.735. The highest BCUT2D eigenvalue weighted by atomic mass is 32.2. The van der Waals surface area contributed by atoms with E-state index in [1.165, 1.54) is 12.5 Å². The standard InChI is InChI=1S/C9H14N4O2S/c1-2-13-7-9(11-8-13)16(14,15)12-6-4-3-5-10/h7-8,12H,2-4,6H2,1H3. The molecule has 16 heavy (non-hydrogen) atoms. The summed E-state index contributed by atoms with van der Waals surface area (Å²) in [4.78, 5) is 3.81. The number of unbranched alkanes of at least 4 members (excludes halogenated alkanes) is 1. The van der Waals surface area contributed by atoms with Crippen LogP contribution < -0.4 is 4.72 Å². The fourth-order valence-electron chi connectivity index (χ4n) is 1.10. The fraction of sp³-hybridized carbons (Fsp3) is 0.556. The van der Waals surface area contributed by atoms with Crippen LogP contribution in [0.5, 0.6) is 0 Å². The molecule has 0 fully saturated rings. The third-order valence-corrected chi connectivity index (χ3v) is 3.35.